The Kier molecular flexibility index (Phi) is 2.86. The molecule has 1 aliphatic heterocycles. The number of carbonyl (C=O) groups excluding carboxylic acids is 1. The van der Waals surface area contributed by atoms with E-state index in [1.807, 2.05) is 29.2 Å². The minimum Gasteiger partial charge on any atom is -0.331 e. The first kappa shape index (κ1) is 9.71. The Morgan fingerprint density at radius 2 is 2.29 bits per heavy atom. The third kappa shape index (κ3) is 2.15. The summed E-state index contributed by atoms with van der Waals surface area (Å²) < 4.78 is 1.21. The summed E-state index contributed by atoms with van der Waals surface area (Å²) in [5.74, 6) is 0.115. The first-order chi connectivity index (χ1) is 6.75. The molecule has 1 aromatic rings. The van der Waals surface area contributed by atoms with E-state index in [0.29, 0.717) is 6.54 Å². The highest BCUT2D eigenvalue weighted by Gasteiger charge is 2.14. The van der Waals surface area contributed by atoms with E-state index in [4.69, 9.17) is 0 Å². The summed E-state index contributed by atoms with van der Waals surface area (Å²) in [4.78, 5) is 13.1. The number of benzene rings is 1. The lowest BCUT2D eigenvalue weighted by atomic mass is 10.2. The summed E-state index contributed by atoms with van der Waals surface area (Å²) in [6, 6.07) is 8.22. The second-order valence-corrected chi connectivity index (χ2v) is 4.50. The molecule has 2 rings (SSSR count). The molecule has 0 spiro atoms. The molecule has 0 saturated carbocycles. The standard InChI is InChI=1S/C11H10INO/c12-10-4-1-3-9(7-10)8-13-6-2-5-11(13)14/h1-5,7H,6,8H2. The molecule has 0 saturated heterocycles. The van der Waals surface area contributed by atoms with Gasteiger partial charge >= 0.3 is 0 Å². The van der Waals surface area contributed by atoms with Crippen molar-refractivity contribution in [3.63, 3.8) is 0 Å². The number of rotatable bonds is 2. The molecule has 0 aromatic heterocycles. The Bertz CT molecular complexity index is 387. The van der Waals surface area contributed by atoms with Crippen LogP contribution in [0, 0.1) is 3.57 Å². The van der Waals surface area contributed by atoms with E-state index in [2.05, 4.69) is 28.7 Å². The molecular formula is C11H10INO. The van der Waals surface area contributed by atoms with Crippen LogP contribution in [0.4, 0.5) is 0 Å². The average Bonchev–Trinajstić information content (AvgIpc) is 2.52. The summed E-state index contributed by atoms with van der Waals surface area (Å²) in [6.07, 6.45) is 3.53. The average molecular weight is 299 g/mol. The van der Waals surface area contributed by atoms with Crippen molar-refractivity contribution in [2.24, 2.45) is 0 Å². The van der Waals surface area contributed by atoms with Crippen LogP contribution in [-0.2, 0) is 11.3 Å². The predicted octanol–water partition coefficient (Wildman–Crippen LogP) is 2.19. The van der Waals surface area contributed by atoms with Gasteiger partial charge in [0.2, 0.25) is 5.91 Å². The van der Waals surface area contributed by atoms with Gasteiger partial charge in [0.1, 0.15) is 0 Å². The fourth-order valence-corrected chi connectivity index (χ4v) is 2.08. The van der Waals surface area contributed by atoms with Gasteiger partial charge in [-0.15, -0.1) is 0 Å². The summed E-state index contributed by atoms with van der Waals surface area (Å²) in [5.41, 5.74) is 1.19. The zero-order valence-electron chi connectivity index (χ0n) is 7.61. The normalized spacial score (nSPS) is 15.2. The van der Waals surface area contributed by atoms with Gasteiger partial charge < -0.3 is 4.90 Å². The Balaban J connectivity index is 2.08. The molecule has 1 aliphatic rings. The number of halogens is 1. The van der Waals surface area contributed by atoms with Crippen molar-refractivity contribution in [3.05, 3.63) is 45.6 Å². The molecule has 1 heterocycles. The summed E-state index contributed by atoms with van der Waals surface area (Å²) in [7, 11) is 0. The number of amides is 1. The third-order valence-corrected chi connectivity index (χ3v) is 2.83. The van der Waals surface area contributed by atoms with E-state index in [1.165, 1.54) is 9.13 Å². The molecule has 0 radical (unpaired) electrons. The second kappa shape index (κ2) is 4.13. The van der Waals surface area contributed by atoms with Gasteiger partial charge in [0.05, 0.1) is 0 Å². The predicted molar refractivity (Wildman–Crippen MR) is 63.7 cm³/mol. The van der Waals surface area contributed by atoms with Gasteiger partial charge in [0.25, 0.3) is 0 Å². The summed E-state index contributed by atoms with van der Waals surface area (Å²) >= 11 is 2.28. The maximum atomic E-state index is 11.3. The van der Waals surface area contributed by atoms with Crippen LogP contribution in [0.1, 0.15) is 5.56 Å². The quantitative estimate of drug-likeness (QED) is 0.767. The molecule has 72 valence electrons. The zero-order chi connectivity index (χ0) is 9.97. The highest BCUT2D eigenvalue weighted by Crippen LogP contribution is 2.12. The minimum absolute atomic E-state index is 0.115. The van der Waals surface area contributed by atoms with Crippen LogP contribution < -0.4 is 0 Å². The van der Waals surface area contributed by atoms with Crippen molar-refractivity contribution in [1.82, 2.24) is 4.90 Å². The van der Waals surface area contributed by atoms with Crippen molar-refractivity contribution >= 4 is 28.5 Å². The van der Waals surface area contributed by atoms with Crippen LogP contribution in [0.15, 0.2) is 36.4 Å². The Labute approximate surface area is 96.7 Å². The van der Waals surface area contributed by atoms with Gasteiger partial charge in [-0.25, -0.2) is 0 Å². The van der Waals surface area contributed by atoms with E-state index < -0.39 is 0 Å². The van der Waals surface area contributed by atoms with Gasteiger partial charge in [0, 0.05) is 22.7 Å². The van der Waals surface area contributed by atoms with Gasteiger partial charge in [-0.2, -0.15) is 0 Å². The molecule has 0 atom stereocenters. The SMILES string of the molecule is O=C1C=CCN1Cc1cccc(I)c1. The maximum absolute atomic E-state index is 11.3. The lowest BCUT2D eigenvalue weighted by molar-refractivity contribution is -0.125. The minimum atomic E-state index is 0.115. The van der Waals surface area contributed by atoms with Crippen molar-refractivity contribution < 1.29 is 4.79 Å². The fourth-order valence-electron chi connectivity index (χ4n) is 1.47. The van der Waals surface area contributed by atoms with Crippen molar-refractivity contribution in [3.8, 4) is 0 Å². The Hall–Kier alpha value is -0.840. The molecule has 2 nitrogen and oxygen atoms in total. The number of nitrogens with zero attached hydrogens (tertiary/aromatic N) is 1. The smallest absolute Gasteiger partial charge is 0.246 e. The van der Waals surface area contributed by atoms with E-state index in [-0.39, 0.29) is 5.91 Å². The van der Waals surface area contributed by atoms with Crippen LogP contribution in [0.5, 0.6) is 0 Å². The zero-order valence-corrected chi connectivity index (χ0v) is 9.77. The molecular weight excluding hydrogens is 289 g/mol. The van der Waals surface area contributed by atoms with E-state index in [1.54, 1.807) is 6.08 Å². The van der Waals surface area contributed by atoms with E-state index in [9.17, 15) is 4.79 Å². The Morgan fingerprint density at radius 3 is 2.93 bits per heavy atom. The summed E-state index contributed by atoms with van der Waals surface area (Å²) in [6.45, 7) is 1.45. The van der Waals surface area contributed by atoms with Crippen LogP contribution >= 0.6 is 22.6 Å². The van der Waals surface area contributed by atoms with Gasteiger partial charge in [-0.3, -0.25) is 4.79 Å². The monoisotopic (exact) mass is 299 g/mol. The molecule has 3 heteroatoms. The second-order valence-electron chi connectivity index (χ2n) is 3.25. The molecule has 0 aliphatic carbocycles. The van der Waals surface area contributed by atoms with Gasteiger partial charge in [0.15, 0.2) is 0 Å². The molecule has 1 amide bonds. The summed E-state index contributed by atoms with van der Waals surface area (Å²) in [5, 5.41) is 0. The molecule has 0 bridgehead atoms. The molecule has 1 aromatic carbocycles. The molecule has 0 fully saturated rings. The number of carbonyl (C=O) groups is 1. The third-order valence-electron chi connectivity index (χ3n) is 2.16. The highest BCUT2D eigenvalue weighted by atomic mass is 127. The van der Waals surface area contributed by atoms with Crippen LogP contribution in [0.25, 0.3) is 0 Å². The lowest BCUT2D eigenvalue weighted by Crippen LogP contribution is -2.24. The first-order valence-corrected chi connectivity index (χ1v) is 5.53. The fraction of sp³-hybridized carbons (Fsp3) is 0.182. The highest BCUT2D eigenvalue weighted by molar-refractivity contribution is 14.1. The van der Waals surface area contributed by atoms with Crippen LogP contribution in [-0.4, -0.2) is 17.4 Å². The first-order valence-electron chi connectivity index (χ1n) is 4.45. The molecule has 14 heavy (non-hydrogen) atoms. The van der Waals surface area contributed by atoms with Crippen LogP contribution in [0.3, 0.4) is 0 Å². The Morgan fingerprint density at radius 1 is 1.43 bits per heavy atom. The van der Waals surface area contributed by atoms with Gasteiger partial charge in [-0.1, -0.05) is 18.2 Å². The maximum Gasteiger partial charge on any atom is 0.246 e. The topological polar surface area (TPSA) is 20.3 Å². The molecule has 0 N–H and O–H groups in total. The number of hydrogen-bond acceptors (Lipinski definition) is 1. The van der Waals surface area contributed by atoms with Gasteiger partial charge in [-0.05, 0) is 40.3 Å². The largest absolute Gasteiger partial charge is 0.331 e. The van der Waals surface area contributed by atoms with Crippen molar-refractivity contribution in [2.75, 3.05) is 6.54 Å². The lowest BCUT2D eigenvalue weighted by Gasteiger charge is -2.15. The number of hydrogen-bond donors (Lipinski definition) is 0. The van der Waals surface area contributed by atoms with E-state index in [0.717, 1.165) is 6.54 Å². The van der Waals surface area contributed by atoms with Crippen molar-refractivity contribution in [1.29, 1.82) is 0 Å². The van der Waals surface area contributed by atoms with Crippen LogP contribution in [0.2, 0.25) is 0 Å². The molecule has 0 unspecified atom stereocenters. The van der Waals surface area contributed by atoms with E-state index >= 15 is 0 Å². The van der Waals surface area contributed by atoms with Crippen molar-refractivity contribution in [2.45, 2.75) is 6.54 Å².